The smallest absolute Gasteiger partial charge is 0.214 e. The van der Waals surface area contributed by atoms with Gasteiger partial charge in [-0.3, -0.25) is 0 Å². The first-order valence-corrected chi connectivity index (χ1v) is 7.06. The van der Waals surface area contributed by atoms with Crippen LogP contribution < -0.4 is 4.74 Å². The van der Waals surface area contributed by atoms with E-state index >= 15 is 0 Å². The lowest BCUT2D eigenvalue weighted by molar-refractivity contribution is 0.286. The minimum atomic E-state index is -0.273. The predicted octanol–water partition coefficient (Wildman–Crippen LogP) is 4.66. The van der Waals surface area contributed by atoms with Crippen LogP contribution in [0.4, 0.5) is 4.39 Å². The quantitative estimate of drug-likeness (QED) is 0.748. The van der Waals surface area contributed by atoms with Gasteiger partial charge in [-0.2, -0.15) is 0 Å². The fourth-order valence-corrected chi connectivity index (χ4v) is 1.95. The van der Waals surface area contributed by atoms with Gasteiger partial charge in [-0.1, -0.05) is 32.0 Å². The summed E-state index contributed by atoms with van der Waals surface area (Å²) in [5.74, 6) is 0.896. The molecule has 0 unspecified atom stereocenters. The Morgan fingerprint density at radius 1 is 1.25 bits per heavy atom. The maximum absolute atomic E-state index is 13.5. The minimum absolute atomic E-state index is 0.156. The Balaban J connectivity index is 2.17. The van der Waals surface area contributed by atoms with Gasteiger partial charge in [0.25, 0.3) is 0 Å². The van der Waals surface area contributed by atoms with Crippen molar-refractivity contribution in [1.82, 2.24) is 4.98 Å². The van der Waals surface area contributed by atoms with Gasteiger partial charge in [0.2, 0.25) is 5.88 Å². The van der Waals surface area contributed by atoms with Crippen molar-refractivity contribution in [3.05, 3.63) is 59.0 Å². The van der Waals surface area contributed by atoms with Crippen LogP contribution in [0, 0.1) is 5.82 Å². The van der Waals surface area contributed by atoms with Crippen molar-refractivity contribution in [2.75, 3.05) is 0 Å². The molecule has 0 atom stereocenters. The van der Waals surface area contributed by atoms with Gasteiger partial charge in [0.05, 0.1) is 0 Å². The molecule has 2 nitrogen and oxygen atoms in total. The largest absolute Gasteiger partial charge is 0.473 e. The molecule has 0 bridgehead atoms. The Morgan fingerprint density at radius 3 is 2.65 bits per heavy atom. The normalized spacial score (nSPS) is 10.8. The number of pyridine rings is 1. The molecule has 2 aromatic rings. The average molecular weight is 294 g/mol. The van der Waals surface area contributed by atoms with Gasteiger partial charge in [0.15, 0.2) is 0 Å². The summed E-state index contributed by atoms with van der Waals surface area (Å²) in [7, 11) is 0. The molecule has 1 aromatic carbocycles. The highest BCUT2D eigenvalue weighted by molar-refractivity contribution is 6.17. The van der Waals surface area contributed by atoms with Crippen molar-refractivity contribution in [3.8, 4) is 5.88 Å². The van der Waals surface area contributed by atoms with Crippen molar-refractivity contribution >= 4 is 11.6 Å². The van der Waals surface area contributed by atoms with E-state index < -0.39 is 0 Å². The van der Waals surface area contributed by atoms with Gasteiger partial charge in [-0.25, -0.2) is 9.37 Å². The van der Waals surface area contributed by atoms with E-state index in [1.807, 2.05) is 6.07 Å². The van der Waals surface area contributed by atoms with Crippen molar-refractivity contribution in [1.29, 1.82) is 0 Å². The zero-order valence-electron chi connectivity index (χ0n) is 11.6. The molecular weight excluding hydrogens is 277 g/mol. The van der Waals surface area contributed by atoms with Crippen molar-refractivity contribution in [2.45, 2.75) is 32.3 Å². The standard InChI is InChI=1S/C16H17ClFNO/c1-11(2)15-7-12(9-17)8-16(19-15)20-10-13-5-3-4-6-14(13)18/h3-8,11H,9-10H2,1-2H3. The van der Waals surface area contributed by atoms with Gasteiger partial charge in [-0.15, -0.1) is 11.6 Å². The summed E-state index contributed by atoms with van der Waals surface area (Å²) in [5.41, 5.74) is 2.39. The van der Waals surface area contributed by atoms with E-state index in [0.717, 1.165) is 11.3 Å². The van der Waals surface area contributed by atoms with Crippen LogP contribution in [-0.4, -0.2) is 4.98 Å². The third-order valence-corrected chi connectivity index (χ3v) is 3.27. The Kier molecular flexibility index (Phi) is 4.96. The minimum Gasteiger partial charge on any atom is -0.473 e. The van der Waals surface area contributed by atoms with Gasteiger partial charge in [-0.05, 0) is 23.6 Å². The Morgan fingerprint density at radius 2 is 2.00 bits per heavy atom. The lowest BCUT2D eigenvalue weighted by Gasteiger charge is -2.11. The molecule has 0 saturated heterocycles. The third kappa shape index (κ3) is 3.70. The molecule has 0 N–H and O–H groups in total. The second-order valence-electron chi connectivity index (χ2n) is 4.91. The molecule has 20 heavy (non-hydrogen) atoms. The molecule has 0 aliphatic heterocycles. The van der Waals surface area contributed by atoms with E-state index in [4.69, 9.17) is 16.3 Å². The SMILES string of the molecule is CC(C)c1cc(CCl)cc(OCc2ccccc2F)n1. The maximum Gasteiger partial charge on any atom is 0.214 e. The van der Waals surface area contributed by atoms with E-state index in [0.29, 0.717) is 17.3 Å². The van der Waals surface area contributed by atoms with Crippen LogP contribution in [-0.2, 0) is 12.5 Å². The van der Waals surface area contributed by atoms with Gasteiger partial charge >= 0.3 is 0 Å². The number of alkyl halides is 1. The first kappa shape index (κ1) is 14.8. The summed E-state index contributed by atoms with van der Waals surface area (Å²) in [4.78, 5) is 4.42. The lowest BCUT2D eigenvalue weighted by Crippen LogP contribution is -2.03. The molecule has 106 valence electrons. The number of halogens is 2. The first-order chi connectivity index (χ1) is 9.60. The maximum atomic E-state index is 13.5. The van der Waals surface area contributed by atoms with Gasteiger partial charge < -0.3 is 4.74 Å². The van der Waals surface area contributed by atoms with Gasteiger partial charge in [0.1, 0.15) is 12.4 Å². The fourth-order valence-electron chi connectivity index (χ4n) is 1.80. The average Bonchev–Trinajstić information content (AvgIpc) is 2.46. The number of ether oxygens (including phenoxy) is 1. The zero-order chi connectivity index (χ0) is 14.5. The molecule has 0 saturated carbocycles. The Bertz CT molecular complexity index is 586. The molecule has 4 heteroatoms. The summed E-state index contributed by atoms with van der Waals surface area (Å²) in [6.45, 7) is 4.27. The highest BCUT2D eigenvalue weighted by Gasteiger charge is 2.08. The number of nitrogens with zero attached hydrogens (tertiary/aromatic N) is 1. The highest BCUT2D eigenvalue weighted by atomic mass is 35.5. The predicted molar refractivity (Wildman–Crippen MR) is 78.6 cm³/mol. The molecule has 2 rings (SSSR count). The molecule has 0 radical (unpaired) electrons. The zero-order valence-corrected chi connectivity index (χ0v) is 12.3. The van der Waals surface area contributed by atoms with E-state index in [2.05, 4.69) is 18.8 Å². The number of hydrogen-bond donors (Lipinski definition) is 0. The summed E-state index contributed by atoms with van der Waals surface area (Å²) >= 11 is 5.87. The van der Waals surface area contributed by atoms with Crippen LogP contribution in [0.3, 0.4) is 0 Å². The second kappa shape index (κ2) is 6.71. The summed E-state index contributed by atoms with van der Waals surface area (Å²) < 4.78 is 19.1. The number of benzene rings is 1. The van der Waals surface area contributed by atoms with E-state index in [9.17, 15) is 4.39 Å². The van der Waals surface area contributed by atoms with Gasteiger partial charge in [0, 0.05) is 23.2 Å². The van der Waals surface area contributed by atoms with Crippen LogP contribution >= 0.6 is 11.6 Å². The van der Waals surface area contributed by atoms with Crippen LogP contribution in [0.1, 0.15) is 36.6 Å². The van der Waals surface area contributed by atoms with E-state index in [-0.39, 0.29) is 18.3 Å². The third-order valence-electron chi connectivity index (χ3n) is 2.96. The van der Waals surface area contributed by atoms with E-state index in [1.54, 1.807) is 24.3 Å². The fraction of sp³-hybridized carbons (Fsp3) is 0.312. The van der Waals surface area contributed by atoms with Crippen molar-refractivity contribution in [2.24, 2.45) is 0 Å². The molecule has 0 amide bonds. The molecule has 0 aliphatic carbocycles. The molecule has 0 fully saturated rings. The molecule has 1 aromatic heterocycles. The summed E-state index contributed by atoms with van der Waals surface area (Å²) in [5, 5.41) is 0. The Labute approximate surface area is 123 Å². The molecule has 0 aliphatic rings. The number of hydrogen-bond acceptors (Lipinski definition) is 2. The first-order valence-electron chi connectivity index (χ1n) is 6.53. The van der Waals surface area contributed by atoms with Crippen molar-refractivity contribution < 1.29 is 9.13 Å². The van der Waals surface area contributed by atoms with E-state index in [1.165, 1.54) is 6.07 Å². The second-order valence-corrected chi connectivity index (χ2v) is 5.17. The molecular formula is C16H17ClFNO. The van der Waals surface area contributed by atoms with Crippen LogP contribution in [0.2, 0.25) is 0 Å². The molecule has 1 heterocycles. The Hall–Kier alpha value is -1.61. The number of rotatable bonds is 5. The van der Waals surface area contributed by atoms with Crippen LogP contribution in [0.25, 0.3) is 0 Å². The van der Waals surface area contributed by atoms with Crippen LogP contribution in [0.5, 0.6) is 5.88 Å². The highest BCUT2D eigenvalue weighted by Crippen LogP contribution is 2.21. The monoisotopic (exact) mass is 293 g/mol. The summed E-state index contributed by atoms with van der Waals surface area (Å²) in [6.07, 6.45) is 0. The lowest BCUT2D eigenvalue weighted by atomic mass is 10.1. The van der Waals surface area contributed by atoms with Crippen LogP contribution in [0.15, 0.2) is 36.4 Å². The summed E-state index contributed by atoms with van der Waals surface area (Å²) in [6, 6.07) is 10.3. The number of aromatic nitrogens is 1. The molecule has 0 spiro atoms. The topological polar surface area (TPSA) is 22.1 Å². The van der Waals surface area contributed by atoms with Crippen molar-refractivity contribution in [3.63, 3.8) is 0 Å².